The third-order valence-corrected chi connectivity index (χ3v) is 4.62. The molecule has 7 heteroatoms. The van der Waals surface area contributed by atoms with Crippen molar-refractivity contribution in [2.45, 2.75) is 13.5 Å². The first-order valence-corrected chi connectivity index (χ1v) is 9.46. The minimum atomic E-state index is -0.147. The summed E-state index contributed by atoms with van der Waals surface area (Å²) >= 11 is 0. The molecule has 3 aromatic rings. The third-order valence-electron chi connectivity index (χ3n) is 4.62. The number of carbonyl (C=O) groups excluding carboxylic acids is 1. The summed E-state index contributed by atoms with van der Waals surface area (Å²) in [6.45, 7) is 3.57. The van der Waals surface area contributed by atoms with Gasteiger partial charge in [-0.15, -0.1) is 0 Å². The largest absolute Gasteiger partial charge is 0.497 e. The van der Waals surface area contributed by atoms with Crippen LogP contribution in [0.1, 0.15) is 21.7 Å². The van der Waals surface area contributed by atoms with E-state index >= 15 is 0 Å². The molecule has 0 fully saturated rings. The maximum Gasteiger partial charge on any atom is 0.251 e. The molecular weight excluding hydrogens is 368 g/mol. The number of furan rings is 1. The second kappa shape index (κ2) is 9.64. The summed E-state index contributed by atoms with van der Waals surface area (Å²) in [5.74, 6) is 2.02. The maximum absolute atomic E-state index is 12.2. The zero-order chi connectivity index (χ0) is 20.6. The Morgan fingerprint density at radius 3 is 2.62 bits per heavy atom. The van der Waals surface area contributed by atoms with Crippen molar-refractivity contribution < 1.29 is 13.9 Å². The van der Waals surface area contributed by atoms with E-state index in [1.54, 1.807) is 38.4 Å². The average Bonchev–Trinajstić information content (AvgIpc) is 3.09. The van der Waals surface area contributed by atoms with Crippen molar-refractivity contribution in [1.29, 1.82) is 0 Å². The Balaban J connectivity index is 1.45. The van der Waals surface area contributed by atoms with Crippen molar-refractivity contribution in [3.05, 3.63) is 65.4 Å². The molecule has 0 spiro atoms. The number of nitrogens with zero attached hydrogens (tertiary/aromatic N) is 1. The number of carbonyl (C=O) groups is 1. The molecule has 0 unspecified atom stereocenters. The lowest BCUT2D eigenvalue weighted by atomic mass is 10.1. The van der Waals surface area contributed by atoms with Gasteiger partial charge in [-0.3, -0.25) is 9.79 Å². The first kappa shape index (κ1) is 20.3. The molecule has 1 amide bonds. The lowest BCUT2D eigenvalue weighted by molar-refractivity contribution is 0.0954. The van der Waals surface area contributed by atoms with E-state index in [9.17, 15) is 4.79 Å². The molecule has 152 valence electrons. The van der Waals surface area contributed by atoms with E-state index in [0.29, 0.717) is 36.9 Å². The fourth-order valence-corrected chi connectivity index (χ4v) is 3.00. The van der Waals surface area contributed by atoms with Gasteiger partial charge in [0.05, 0.1) is 13.7 Å². The molecule has 1 aromatic heterocycles. The number of aryl methyl sites for hydroxylation is 1. The third kappa shape index (κ3) is 5.07. The van der Waals surface area contributed by atoms with Gasteiger partial charge in [-0.2, -0.15) is 0 Å². The minimum Gasteiger partial charge on any atom is -0.497 e. The molecule has 2 aromatic carbocycles. The first-order chi connectivity index (χ1) is 14.1. The molecule has 0 aliphatic heterocycles. The molecule has 1 heterocycles. The van der Waals surface area contributed by atoms with Crippen LogP contribution in [0, 0.1) is 6.92 Å². The molecule has 0 aliphatic rings. The summed E-state index contributed by atoms with van der Waals surface area (Å²) < 4.78 is 11.0. The smallest absolute Gasteiger partial charge is 0.251 e. The Labute approximate surface area is 170 Å². The van der Waals surface area contributed by atoms with E-state index in [2.05, 4.69) is 27.0 Å². The van der Waals surface area contributed by atoms with Crippen LogP contribution >= 0.6 is 0 Å². The standard InChI is InChI=1S/C22H26N4O3/c1-15-18-9-4-5-10-19(18)29-20(15)14-26-22(23-2)25-12-11-24-21(27)16-7-6-8-17(13-16)28-3/h4-10,13H,11-12,14H2,1-3H3,(H,24,27)(H2,23,25,26). The van der Waals surface area contributed by atoms with Crippen molar-refractivity contribution in [3.8, 4) is 5.75 Å². The van der Waals surface area contributed by atoms with Crippen LogP contribution in [0.15, 0.2) is 57.9 Å². The van der Waals surface area contributed by atoms with E-state index < -0.39 is 0 Å². The van der Waals surface area contributed by atoms with Crippen molar-refractivity contribution in [2.75, 3.05) is 27.2 Å². The van der Waals surface area contributed by atoms with Gasteiger partial charge in [0.2, 0.25) is 0 Å². The highest BCUT2D eigenvalue weighted by molar-refractivity contribution is 5.94. The van der Waals surface area contributed by atoms with Crippen LogP contribution in [-0.2, 0) is 6.54 Å². The normalized spacial score (nSPS) is 11.3. The van der Waals surface area contributed by atoms with Gasteiger partial charge in [0.25, 0.3) is 5.91 Å². The summed E-state index contributed by atoms with van der Waals surface area (Å²) in [7, 11) is 3.28. The molecule has 0 bridgehead atoms. The highest BCUT2D eigenvalue weighted by Gasteiger charge is 2.10. The molecule has 0 saturated carbocycles. The van der Waals surface area contributed by atoms with Crippen LogP contribution in [0.5, 0.6) is 5.75 Å². The Morgan fingerprint density at radius 2 is 1.86 bits per heavy atom. The minimum absolute atomic E-state index is 0.147. The van der Waals surface area contributed by atoms with Gasteiger partial charge in [-0.25, -0.2) is 0 Å². The Bertz CT molecular complexity index is 1010. The number of hydrogen-bond donors (Lipinski definition) is 3. The zero-order valence-corrected chi connectivity index (χ0v) is 16.9. The number of nitrogens with one attached hydrogen (secondary N) is 3. The van der Waals surface area contributed by atoms with Crippen LogP contribution in [-0.4, -0.2) is 39.1 Å². The van der Waals surface area contributed by atoms with Crippen molar-refractivity contribution in [2.24, 2.45) is 4.99 Å². The number of guanidine groups is 1. The number of ether oxygens (including phenoxy) is 1. The first-order valence-electron chi connectivity index (χ1n) is 9.46. The van der Waals surface area contributed by atoms with E-state index in [4.69, 9.17) is 9.15 Å². The number of rotatable bonds is 7. The highest BCUT2D eigenvalue weighted by Crippen LogP contribution is 2.24. The van der Waals surface area contributed by atoms with Crippen LogP contribution in [0.3, 0.4) is 0 Å². The Hall–Kier alpha value is -3.48. The SMILES string of the molecule is CN=C(NCCNC(=O)c1cccc(OC)c1)NCc1oc2ccccc2c1C. The molecule has 3 rings (SSSR count). The summed E-state index contributed by atoms with van der Waals surface area (Å²) in [6.07, 6.45) is 0. The fraction of sp³-hybridized carbons (Fsp3) is 0.273. The second-order valence-electron chi connectivity index (χ2n) is 6.49. The molecular formula is C22H26N4O3. The number of benzene rings is 2. The molecule has 29 heavy (non-hydrogen) atoms. The van der Waals surface area contributed by atoms with E-state index in [-0.39, 0.29) is 5.91 Å². The van der Waals surface area contributed by atoms with Gasteiger partial charge >= 0.3 is 0 Å². The second-order valence-corrected chi connectivity index (χ2v) is 6.49. The van der Waals surface area contributed by atoms with Crippen LogP contribution in [0.4, 0.5) is 0 Å². The monoisotopic (exact) mass is 394 g/mol. The van der Waals surface area contributed by atoms with Crippen LogP contribution < -0.4 is 20.7 Å². The Kier molecular flexibility index (Phi) is 6.73. The highest BCUT2D eigenvalue weighted by atomic mass is 16.5. The van der Waals surface area contributed by atoms with Gasteiger partial charge in [-0.1, -0.05) is 24.3 Å². The molecule has 3 N–H and O–H groups in total. The molecule has 7 nitrogen and oxygen atoms in total. The summed E-state index contributed by atoms with van der Waals surface area (Å²) in [6, 6.07) is 15.0. The van der Waals surface area contributed by atoms with E-state index in [0.717, 1.165) is 22.3 Å². The molecule has 0 atom stereocenters. The number of hydrogen-bond acceptors (Lipinski definition) is 4. The Morgan fingerprint density at radius 1 is 1.07 bits per heavy atom. The van der Waals surface area contributed by atoms with Crippen LogP contribution in [0.25, 0.3) is 11.0 Å². The number of methoxy groups -OCH3 is 1. The average molecular weight is 394 g/mol. The van der Waals surface area contributed by atoms with Crippen LogP contribution in [0.2, 0.25) is 0 Å². The summed E-state index contributed by atoms with van der Waals surface area (Å²) in [4.78, 5) is 16.4. The predicted molar refractivity (Wildman–Crippen MR) is 114 cm³/mol. The summed E-state index contributed by atoms with van der Waals surface area (Å²) in [5, 5.41) is 10.4. The lowest BCUT2D eigenvalue weighted by Crippen LogP contribution is -2.41. The topological polar surface area (TPSA) is 87.9 Å². The van der Waals surface area contributed by atoms with Crippen molar-refractivity contribution in [1.82, 2.24) is 16.0 Å². The number of amides is 1. The van der Waals surface area contributed by atoms with Gasteiger partial charge in [0.15, 0.2) is 5.96 Å². The quantitative estimate of drug-likeness (QED) is 0.326. The van der Waals surface area contributed by atoms with Gasteiger partial charge in [0.1, 0.15) is 17.1 Å². The summed E-state index contributed by atoms with van der Waals surface area (Å²) in [5.41, 5.74) is 2.56. The maximum atomic E-state index is 12.2. The van der Waals surface area contributed by atoms with E-state index in [1.807, 2.05) is 25.1 Å². The van der Waals surface area contributed by atoms with Gasteiger partial charge in [0, 0.05) is 36.7 Å². The zero-order valence-electron chi connectivity index (χ0n) is 16.9. The molecule has 0 radical (unpaired) electrons. The number of fused-ring (bicyclic) bond motifs is 1. The fourth-order valence-electron chi connectivity index (χ4n) is 3.00. The molecule has 0 aliphatic carbocycles. The van der Waals surface area contributed by atoms with E-state index in [1.165, 1.54) is 0 Å². The number of aliphatic imine (C=N–C) groups is 1. The van der Waals surface area contributed by atoms with Gasteiger partial charge < -0.3 is 25.1 Å². The van der Waals surface area contributed by atoms with Crippen molar-refractivity contribution >= 4 is 22.8 Å². The van der Waals surface area contributed by atoms with Gasteiger partial charge in [-0.05, 0) is 31.2 Å². The molecule has 0 saturated heterocycles. The lowest BCUT2D eigenvalue weighted by Gasteiger charge is -2.12. The van der Waals surface area contributed by atoms with Crippen molar-refractivity contribution in [3.63, 3.8) is 0 Å². The number of para-hydroxylation sites is 1. The predicted octanol–water partition coefficient (Wildman–Crippen LogP) is 2.84.